The van der Waals surface area contributed by atoms with Gasteiger partial charge in [0.05, 0.1) is 0 Å². The van der Waals surface area contributed by atoms with Crippen molar-refractivity contribution in [2.24, 2.45) is 0 Å². The number of ketones is 1. The first-order valence-electron chi connectivity index (χ1n) is 7.37. The molecule has 3 aromatic carbocycles. The van der Waals surface area contributed by atoms with Crippen molar-refractivity contribution < 1.29 is 9.21 Å². The Morgan fingerprint density at radius 1 is 0.913 bits per heavy atom. The Hall–Kier alpha value is -2.58. The van der Waals surface area contributed by atoms with Gasteiger partial charge in [-0.2, -0.15) is 0 Å². The lowest BCUT2D eigenvalue weighted by atomic mass is 9.96. The molecule has 0 N–H and O–H groups in total. The number of hydrogen-bond donors (Lipinski definition) is 0. The molecular weight excluding hydrogens is 308 g/mol. The average molecular weight is 321 g/mol. The van der Waals surface area contributed by atoms with Crippen molar-refractivity contribution in [3.05, 3.63) is 71.2 Å². The summed E-state index contributed by atoms with van der Waals surface area (Å²) in [5.41, 5.74) is 3.75. The third-order valence-corrected chi connectivity index (χ3v) is 4.38. The van der Waals surface area contributed by atoms with Crippen LogP contribution in [-0.4, -0.2) is 5.78 Å². The molecule has 1 heterocycles. The van der Waals surface area contributed by atoms with E-state index in [1.165, 1.54) is 0 Å². The number of carbonyl (C=O) groups excluding carboxylic acids is 1. The van der Waals surface area contributed by atoms with Crippen LogP contribution in [0.25, 0.3) is 33.1 Å². The van der Waals surface area contributed by atoms with Gasteiger partial charge in [0.25, 0.3) is 0 Å². The van der Waals surface area contributed by atoms with Gasteiger partial charge in [0.1, 0.15) is 11.2 Å². The van der Waals surface area contributed by atoms with Gasteiger partial charge in [0, 0.05) is 32.5 Å². The highest BCUT2D eigenvalue weighted by Crippen LogP contribution is 2.39. The highest BCUT2D eigenvalue weighted by Gasteiger charge is 2.18. The molecule has 23 heavy (non-hydrogen) atoms. The molecule has 112 valence electrons. The largest absolute Gasteiger partial charge is 0.455 e. The van der Waals surface area contributed by atoms with Gasteiger partial charge in [0.15, 0.2) is 5.78 Å². The fourth-order valence-corrected chi connectivity index (χ4v) is 3.31. The maximum absolute atomic E-state index is 12.0. The lowest BCUT2D eigenvalue weighted by Gasteiger charge is -2.10. The molecular formula is C20H13ClO2. The summed E-state index contributed by atoms with van der Waals surface area (Å²) in [4.78, 5) is 12.0. The summed E-state index contributed by atoms with van der Waals surface area (Å²) in [6.45, 7) is 1.55. The molecule has 0 saturated heterocycles. The normalized spacial score (nSPS) is 11.2. The number of carbonyl (C=O) groups is 1. The molecule has 0 bridgehead atoms. The molecule has 0 amide bonds. The maximum Gasteiger partial charge on any atom is 0.160 e. The van der Waals surface area contributed by atoms with E-state index in [1.54, 1.807) is 25.1 Å². The minimum Gasteiger partial charge on any atom is -0.455 e. The third kappa shape index (κ3) is 2.14. The van der Waals surface area contributed by atoms with Crippen LogP contribution in [0.15, 0.2) is 65.1 Å². The first kappa shape index (κ1) is 14.0. The Balaban J connectivity index is 2.14. The molecule has 0 atom stereocenters. The monoisotopic (exact) mass is 320 g/mol. The Morgan fingerprint density at radius 2 is 1.65 bits per heavy atom. The van der Waals surface area contributed by atoms with Gasteiger partial charge in [-0.1, -0.05) is 60.1 Å². The van der Waals surface area contributed by atoms with Crippen LogP contribution in [-0.2, 0) is 0 Å². The van der Waals surface area contributed by atoms with Crippen LogP contribution in [0, 0.1) is 0 Å². The zero-order chi connectivity index (χ0) is 16.0. The van der Waals surface area contributed by atoms with Crippen molar-refractivity contribution in [3.63, 3.8) is 0 Å². The van der Waals surface area contributed by atoms with E-state index in [-0.39, 0.29) is 5.78 Å². The van der Waals surface area contributed by atoms with E-state index in [0.717, 1.165) is 33.1 Å². The molecule has 0 aliphatic heterocycles. The van der Waals surface area contributed by atoms with Crippen LogP contribution >= 0.6 is 11.6 Å². The number of furan rings is 1. The second kappa shape index (κ2) is 5.25. The Morgan fingerprint density at radius 3 is 2.48 bits per heavy atom. The number of benzene rings is 3. The summed E-state index contributed by atoms with van der Waals surface area (Å²) in [5.74, 6) is -0.0179. The van der Waals surface area contributed by atoms with Crippen LogP contribution < -0.4 is 0 Å². The summed E-state index contributed by atoms with van der Waals surface area (Å²) in [6.07, 6.45) is 0. The third-order valence-electron chi connectivity index (χ3n) is 4.07. The van der Waals surface area contributed by atoms with Crippen LogP contribution in [0.2, 0.25) is 5.02 Å². The van der Waals surface area contributed by atoms with E-state index in [1.807, 2.05) is 42.5 Å². The van der Waals surface area contributed by atoms with Crippen molar-refractivity contribution >= 4 is 39.3 Å². The number of rotatable bonds is 2. The molecule has 0 unspecified atom stereocenters. The molecule has 2 nitrogen and oxygen atoms in total. The number of hydrogen-bond acceptors (Lipinski definition) is 2. The SMILES string of the molecule is CC(=O)c1cccc(Cl)c1-c1cccc2c1oc1ccccc12. The number of halogens is 1. The molecule has 0 fully saturated rings. The topological polar surface area (TPSA) is 30.2 Å². The first-order valence-corrected chi connectivity index (χ1v) is 7.74. The van der Waals surface area contributed by atoms with Crippen LogP contribution in [0.4, 0.5) is 0 Å². The lowest BCUT2D eigenvalue weighted by Crippen LogP contribution is -1.97. The fourth-order valence-electron chi connectivity index (χ4n) is 3.04. The maximum atomic E-state index is 12.0. The molecule has 3 heteroatoms. The molecule has 0 aliphatic rings. The summed E-state index contributed by atoms with van der Waals surface area (Å²) in [6, 6.07) is 19.2. The summed E-state index contributed by atoms with van der Waals surface area (Å²) in [5, 5.41) is 2.62. The predicted octanol–water partition coefficient (Wildman–Crippen LogP) is 6.11. The molecule has 0 aliphatic carbocycles. The minimum absolute atomic E-state index is 0.0179. The van der Waals surface area contributed by atoms with E-state index >= 15 is 0 Å². The molecule has 0 spiro atoms. The van der Waals surface area contributed by atoms with Gasteiger partial charge >= 0.3 is 0 Å². The Labute approximate surface area is 138 Å². The van der Waals surface area contributed by atoms with E-state index in [4.69, 9.17) is 16.0 Å². The van der Waals surface area contributed by atoms with Crippen molar-refractivity contribution in [1.82, 2.24) is 0 Å². The standard InChI is InChI=1S/C20H13ClO2/c1-12(22)13-7-5-10-17(21)19(13)16-9-4-8-15-14-6-2-3-11-18(14)23-20(15)16/h2-11H,1H3. The zero-order valence-corrected chi connectivity index (χ0v) is 13.2. The van der Waals surface area contributed by atoms with Gasteiger partial charge < -0.3 is 4.42 Å². The molecule has 4 aromatic rings. The number of para-hydroxylation sites is 2. The highest BCUT2D eigenvalue weighted by atomic mass is 35.5. The van der Waals surface area contributed by atoms with E-state index in [9.17, 15) is 4.79 Å². The van der Waals surface area contributed by atoms with Gasteiger partial charge in [-0.15, -0.1) is 0 Å². The number of Topliss-reactive ketones (excluding diaryl/α,β-unsaturated/α-hetero) is 1. The van der Waals surface area contributed by atoms with E-state index in [0.29, 0.717) is 10.6 Å². The van der Waals surface area contributed by atoms with Gasteiger partial charge in [-0.05, 0) is 19.1 Å². The number of fused-ring (bicyclic) bond motifs is 3. The molecule has 0 saturated carbocycles. The van der Waals surface area contributed by atoms with Crippen molar-refractivity contribution in [1.29, 1.82) is 0 Å². The zero-order valence-electron chi connectivity index (χ0n) is 12.5. The van der Waals surface area contributed by atoms with Crippen LogP contribution in [0.1, 0.15) is 17.3 Å². The Kier molecular flexibility index (Phi) is 3.21. The quantitative estimate of drug-likeness (QED) is 0.417. The smallest absolute Gasteiger partial charge is 0.160 e. The fraction of sp³-hybridized carbons (Fsp3) is 0.0500. The van der Waals surface area contributed by atoms with Crippen molar-refractivity contribution in [2.75, 3.05) is 0 Å². The average Bonchev–Trinajstić information content (AvgIpc) is 2.93. The van der Waals surface area contributed by atoms with Crippen molar-refractivity contribution in [2.45, 2.75) is 6.92 Å². The summed E-state index contributed by atoms with van der Waals surface area (Å²) in [7, 11) is 0. The molecule has 0 radical (unpaired) electrons. The Bertz CT molecular complexity index is 1060. The second-order valence-corrected chi connectivity index (χ2v) is 5.91. The van der Waals surface area contributed by atoms with Gasteiger partial charge in [-0.3, -0.25) is 4.79 Å². The molecule has 1 aromatic heterocycles. The first-order chi connectivity index (χ1) is 11.2. The predicted molar refractivity (Wildman–Crippen MR) is 94.2 cm³/mol. The van der Waals surface area contributed by atoms with Crippen LogP contribution in [0.3, 0.4) is 0 Å². The van der Waals surface area contributed by atoms with Gasteiger partial charge in [-0.25, -0.2) is 0 Å². The van der Waals surface area contributed by atoms with Crippen LogP contribution in [0.5, 0.6) is 0 Å². The molecule has 4 rings (SSSR count). The minimum atomic E-state index is -0.0179. The lowest BCUT2D eigenvalue weighted by molar-refractivity contribution is 0.101. The van der Waals surface area contributed by atoms with E-state index < -0.39 is 0 Å². The summed E-state index contributed by atoms with van der Waals surface area (Å²) < 4.78 is 6.06. The summed E-state index contributed by atoms with van der Waals surface area (Å²) >= 11 is 6.41. The van der Waals surface area contributed by atoms with E-state index in [2.05, 4.69) is 0 Å². The van der Waals surface area contributed by atoms with Gasteiger partial charge in [0.2, 0.25) is 0 Å². The van der Waals surface area contributed by atoms with Crippen molar-refractivity contribution in [3.8, 4) is 11.1 Å². The highest BCUT2D eigenvalue weighted by molar-refractivity contribution is 6.35. The second-order valence-electron chi connectivity index (χ2n) is 5.50.